The number of ether oxygens (including phenoxy) is 1. The lowest BCUT2D eigenvalue weighted by Gasteiger charge is -2.15. The van der Waals surface area contributed by atoms with Crippen molar-refractivity contribution in [2.75, 3.05) is 40.4 Å². The summed E-state index contributed by atoms with van der Waals surface area (Å²) >= 11 is 0. The summed E-state index contributed by atoms with van der Waals surface area (Å²) < 4.78 is 4.83. The van der Waals surface area contributed by atoms with Crippen LogP contribution in [0.5, 0.6) is 0 Å². The number of ketones is 1. The molecule has 0 bridgehead atoms. The summed E-state index contributed by atoms with van der Waals surface area (Å²) in [6.45, 7) is 4.07. The smallest absolute Gasteiger partial charge is 0.234 e. The molecule has 0 aromatic rings. The number of carbonyl (C=O) groups excluding carboxylic acids is 2. The molecule has 17 heavy (non-hydrogen) atoms. The normalized spacial score (nSPS) is 10.6. The van der Waals surface area contributed by atoms with Crippen LogP contribution in [-0.2, 0) is 14.3 Å². The molecule has 100 valence electrons. The Bertz CT molecular complexity index is 232. The molecule has 1 N–H and O–H groups in total. The van der Waals surface area contributed by atoms with Crippen molar-refractivity contribution in [2.45, 2.75) is 26.2 Å². The van der Waals surface area contributed by atoms with Crippen molar-refractivity contribution < 1.29 is 14.3 Å². The van der Waals surface area contributed by atoms with E-state index >= 15 is 0 Å². The predicted molar refractivity (Wildman–Crippen MR) is 66.9 cm³/mol. The number of hydrogen-bond acceptors (Lipinski definition) is 4. The predicted octanol–water partition coefficient (Wildman–Crippen LogP) is 0.440. The molecule has 0 fully saturated rings. The highest BCUT2D eigenvalue weighted by molar-refractivity contribution is 5.78. The van der Waals surface area contributed by atoms with Gasteiger partial charge in [0.15, 0.2) is 0 Å². The van der Waals surface area contributed by atoms with Gasteiger partial charge in [-0.1, -0.05) is 6.92 Å². The number of nitrogens with one attached hydrogen (secondary N) is 1. The fourth-order valence-corrected chi connectivity index (χ4v) is 1.40. The Labute approximate surface area is 103 Å². The first-order chi connectivity index (χ1) is 8.10. The van der Waals surface area contributed by atoms with Gasteiger partial charge in [0.1, 0.15) is 5.78 Å². The molecule has 0 aliphatic heterocycles. The maximum atomic E-state index is 11.4. The molecule has 0 aliphatic carbocycles. The third-order valence-corrected chi connectivity index (χ3v) is 2.43. The van der Waals surface area contributed by atoms with E-state index in [1.54, 1.807) is 7.11 Å². The second-order valence-electron chi connectivity index (χ2n) is 4.08. The van der Waals surface area contributed by atoms with Crippen molar-refractivity contribution in [3.8, 4) is 0 Å². The number of methoxy groups -OCH3 is 1. The Hall–Kier alpha value is -0.940. The number of carbonyl (C=O) groups is 2. The van der Waals surface area contributed by atoms with Crippen molar-refractivity contribution in [3.05, 3.63) is 0 Å². The molecule has 0 saturated carbocycles. The Morgan fingerprint density at radius 1 is 1.35 bits per heavy atom. The average Bonchev–Trinajstić information content (AvgIpc) is 2.29. The van der Waals surface area contributed by atoms with Crippen molar-refractivity contribution in [3.63, 3.8) is 0 Å². The van der Waals surface area contributed by atoms with Crippen LogP contribution in [0.2, 0.25) is 0 Å². The number of hydrogen-bond donors (Lipinski definition) is 1. The van der Waals surface area contributed by atoms with Gasteiger partial charge < -0.3 is 10.1 Å². The minimum absolute atomic E-state index is 0.00799. The first kappa shape index (κ1) is 16.1. The summed E-state index contributed by atoms with van der Waals surface area (Å²) in [5, 5.41) is 2.75. The molecule has 0 radical (unpaired) electrons. The highest BCUT2D eigenvalue weighted by Crippen LogP contribution is 1.96. The molecule has 0 atom stereocenters. The third kappa shape index (κ3) is 9.96. The van der Waals surface area contributed by atoms with E-state index in [4.69, 9.17) is 4.74 Å². The van der Waals surface area contributed by atoms with Crippen LogP contribution in [-0.4, -0.2) is 57.0 Å². The maximum Gasteiger partial charge on any atom is 0.234 e. The molecule has 0 unspecified atom stereocenters. The van der Waals surface area contributed by atoms with Crippen LogP contribution in [0.4, 0.5) is 0 Å². The van der Waals surface area contributed by atoms with E-state index in [0.717, 1.165) is 13.0 Å². The highest BCUT2D eigenvalue weighted by atomic mass is 16.5. The first-order valence-corrected chi connectivity index (χ1v) is 6.06. The number of rotatable bonds is 10. The van der Waals surface area contributed by atoms with E-state index < -0.39 is 0 Å². The van der Waals surface area contributed by atoms with Crippen molar-refractivity contribution >= 4 is 11.7 Å². The molecule has 0 aliphatic rings. The molecule has 0 rings (SSSR count). The number of nitrogens with zero attached hydrogens (tertiary/aromatic N) is 1. The summed E-state index contributed by atoms with van der Waals surface area (Å²) in [6, 6.07) is 0. The Morgan fingerprint density at radius 2 is 2.06 bits per heavy atom. The van der Waals surface area contributed by atoms with E-state index in [0.29, 0.717) is 32.5 Å². The summed E-state index contributed by atoms with van der Waals surface area (Å²) in [7, 11) is 3.48. The Balaban J connectivity index is 3.53. The number of likely N-dealkylation sites (N-methyl/N-ethyl adjacent to an activating group) is 1. The van der Waals surface area contributed by atoms with Gasteiger partial charge in [-0.2, -0.15) is 0 Å². The monoisotopic (exact) mass is 244 g/mol. The second-order valence-corrected chi connectivity index (χ2v) is 4.08. The van der Waals surface area contributed by atoms with Gasteiger partial charge in [0.25, 0.3) is 0 Å². The Kier molecular flexibility index (Phi) is 9.66. The standard InChI is InChI=1S/C12H24N2O3/c1-4-11(15)6-5-8-14(2)10-12(16)13-7-9-17-3/h4-10H2,1-3H3,(H,13,16). The van der Waals surface area contributed by atoms with E-state index in [2.05, 4.69) is 5.32 Å². The molecule has 5 nitrogen and oxygen atoms in total. The number of Topliss-reactive ketones (excluding diaryl/α,β-unsaturated/α-hetero) is 1. The first-order valence-electron chi connectivity index (χ1n) is 6.06. The number of amides is 1. The van der Waals surface area contributed by atoms with Crippen LogP contribution in [0, 0.1) is 0 Å². The van der Waals surface area contributed by atoms with Crippen LogP contribution >= 0.6 is 0 Å². The molecule has 0 aromatic carbocycles. The molecule has 0 spiro atoms. The zero-order valence-electron chi connectivity index (χ0n) is 11.1. The second kappa shape index (κ2) is 10.2. The van der Waals surface area contributed by atoms with Crippen molar-refractivity contribution in [2.24, 2.45) is 0 Å². The molecule has 0 saturated heterocycles. The fourth-order valence-electron chi connectivity index (χ4n) is 1.40. The fraction of sp³-hybridized carbons (Fsp3) is 0.833. The summed E-state index contributed by atoms with van der Waals surface area (Å²) in [5.41, 5.74) is 0. The van der Waals surface area contributed by atoms with E-state index in [1.165, 1.54) is 0 Å². The summed E-state index contributed by atoms with van der Waals surface area (Å²) in [6.07, 6.45) is 2.02. The van der Waals surface area contributed by atoms with Crippen LogP contribution in [0.3, 0.4) is 0 Å². The zero-order valence-corrected chi connectivity index (χ0v) is 11.1. The minimum Gasteiger partial charge on any atom is -0.383 e. The molecule has 1 amide bonds. The van der Waals surface area contributed by atoms with Gasteiger partial charge in [-0.05, 0) is 20.0 Å². The summed E-state index contributed by atoms with van der Waals surface area (Å²) in [5.74, 6) is 0.273. The van der Waals surface area contributed by atoms with E-state index in [9.17, 15) is 9.59 Å². The van der Waals surface area contributed by atoms with E-state index in [1.807, 2.05) is 18.9 Å². The van der Waals surface area contributed by atoms with Crippen LogP contribution < -0.4 is 5.32 Å². The van der Waals surface area contributed by atoms with Gasteiger partial charge >= 0.3 is 0 Å². The molecule has 5 heteroatoms. The quantitative estimate of drug-likeness (QED) is 0.567. The van der Waals surface area contributed by atoms with Gasteiger partial charge in [0.05, 0.1) is 13.2 Å². The van der Waals surface area contributed by atoms with E-state index in [-0.39, 0.29) is 11.7 Å². The maximum absolute atomic E-state index is 11.4. The van der Waals surface area contributed by atoms with Gasteiger partial charge in [-0.15, -0.1) is 0 Å². The van der Waals surface area contributed by atoms with Gasteiger partial charge in [0, 0.05) is 26.5 Å². The lowest BCUT2D eigenvalue weighted by atomic mass is 10.2. The molecule has 0 aromatic heterocycles. The average molecular weight is 244 g/mol. The van der Waals surface area contributed by atoms with Crippen molar-refractivity contribution in [1.82, 2.24) is 10.2 Å². The lowest BCUT2D eigenvalue weighted by Crippen LogP contribution is -2.37. The highest BCUT2D eigenvalue weighted by Gasteiger charge is 2.06. The van der Waals surface area contributed by atoms with Gasteiger partial charge in [-0.3, -0.25) is 14.5 Å². The van der Waals surface area contributed by atoms with Crippen LogP contribution in [0.25, 0.3) is 0 Å². The third-order valence-electron chi connectivity index (χ3n) is 2.43. The topological polar surface area (TPSA) is 58.6 Å². The Morgan fingerprint density at radius 3 is 2.65 bits per heavy atom. The SMILES string of the molecule is CCC(=O)CCCN(C)CC(=O)NCCOC. The summed E-state index contributed by atoms with van der Waals surface area (Å²) in [4.78, 5) is 24.4. The van der Waals surface area contributed by atoms with Gasteiger partial charge in [-0.25, -0.2) is 0 Å². The van der Waals surface area contributed by atoms with Gasteiger partial charge in [0.2, 0.25) is 5.91 Å². The van der Waals surface area contributed by atoms with Crippen LogP contribution in [0.1, 0.15) is 26.2 Å². The van der Waals surface area contributed by atoms with Crippen molar-refractivity contribution in [1.29, 1.82) is 0 Å². The lowest BCUT2D eigenvalue weighted by molar-refractivity contribution is -0.122. The minimum atomic E-state index is -0.00799. The molecule has 0 heterocycles. The van der Waals surface area contributed by atoms with Crippen LogP contribution in [0.15, 0.2) is 0 Å². The zero-order chi connectivity index (χ0) is 13.1. The molecular formula is C12H24N2O3. The molecular weight excluding hydrogens is 220 g/mol. The largest absolute Gasteiger partial charge is 0.383 e.